The number of rotatable bonds is 4. The van der Waals surface area contributed by atoms with Crippen molar-refractivity contribution in [2.24, 2.45) is 0 Å². The van der Waals surface area contributed by atoms with Gasteiger partial charge in [0.1, 0.15) is 0 Å². The van der Waals surface area contributed by atoms with E-state index in [2.05, 4.69) is 4.98 Å². The van der Waals surface area contributed by atoms with Crippen molar-refractivity contribution in [2.75, 3.05) is 18.1 Å². The number of aromatic nitrogens is 1. The molecule has 8 heteroatoms. The fraction of sp³-hybridized carbons (Fsp3) is 0.600. The number of carboxylic acids is 1. The Bertz CT molecular complexity index is 512. The number of thiazole rings is 1. The number of carbonyl (C=O) groups is 1. The van der Waals surface area contributed by atoms with Crippen LogP contribution in [-0.4, -0.2) is 53.5 Å². The number of nitrogens with zero attached hydrogens (tertiary/aromatic N) is 2. The van der Waals surface area contributed by atoms with Crippen LogP contribution >= 0.6 is 11.3 Å². The van der Waals surface area contributed by atoms with Crippen molar-refractivity contribution in [3.8, 4) is 0 Å². The molecule has 1 aromatic rings. The largest absolute Gasteiger partial charge is 0.481 e. The van der Waals surface area contributed by atoms with Gasteiger partial charge in [0.2, 0.25) is 0 Å². The number of hydrogen-bond acceptors (Lipinski definition) is 6. The topological polar surface area (TPSA) is 87.6 Å². The van der Waals surface area contributed by atoms with Crippen LogP contribution in [0.25, 0.3) is 0 Å². The lowest BCUT2D eigenvalue weighted by Gasteiger charge is -2.34. The molecule has 1 atom stereocenters. The monoisotopic (exact) mass is 290 g/mol. The summed E-state index contributed by atoms with van der Waals surface area (Å²) in [5, 5.41) is 8.85. The number of sulfone groups is 1. The Labute approximate surface area is 109 Å². The minimum absolute atomic E-state index is 0.0713. The Hall–Kier alpha value is -0.990. The van der Waals surface area contributed by atoms with Gasteiger partial charge in [-0.1, -0.05) is 0 Å². The van der Waals surface area contributed by atoms with Crippen molar-refractivity contribution >= 4 is 27.1 Å². The van der Waals surface area contributed by atoms with Gasteiger partial charge in [-0.25, -0.2) is 8.42 Å². The molecule has 1 unspecified atom stereocenters. The van der Waals surface area contributed by atoms with Gasteiger partial charge in [-0.3, -0.25) is 14.7 Å². The third-order valence-electron chi connectivity index (χ3n) is 2.90. The molecule has 1 aromatic heterocycles. The van der Waals surface area contributed by atoms with Gasteiger partial charge in [-0.2, -0.15) is 0 Å². The first kappa shape index (κ1) is 13.4. The van der Waals surface area contributed by atoms with Crippen molar-refractivity contribution in [1.82, 2.24) is 9.88 Å². The van der Waals surface area contributed by atoms with E-state index in [0.29, 0.717) is 13.1 Å². The van der Waals surface area contributed by atoms with Gasteiger partial charge in [0.05, 0.1) is 23.4 Å². The molecule has 1 aliphatic heterocycles. The highest BCUT2D eigenvalue weighted by Crippen LogP contribution is 2.19. The molecule has 1 fully saturated rings. The van der Waals surface area contributed by atoms with Crippen LogP contribution < -0.4 is 0 Å². The van der Waals surface area contributed by atoms with Crippen LogP contribution in [-0.2, 0) is 21.2 Å². The van der Waals surface area contributed by atoms with E-state index in [1.807, 2.05) is 4.90 Å². The van der Waals surface area contributed by atoms with E-state index < -0.39 is 21.8 Å². The maximum atomic E-state index is 11.6. The van der Waals surface area contributed by atoms with Crippen molar-refractivity contribution in [3.05, 3.63) is 16.6 Å². The summed E-state index contributed by atoms with van der Waals surface area (Å²) in [7, 11) is -3.11. The van der Waals surface area contributed by atoms with E-state index in [9.17, 15) is 13.2 Å². The van der Waals surface area contributed by atoms with Crippen LogP contribution in [0.4, 0.5) is 0 Å². The summed E-state index contributed by atoms with van der Waals surface area (Å²) in [5.41, 5.74) is 1.71. The molecule has 100 valence electrons. The van der Waals surface area contributed by atoms with E-state index in [4.69, 9.17) is 5.11 Å². The molecule has 18 heavy (non-hydrogen) atoms. The molecule has 0 bridgehead atoms. The van der Waals surface area contributed by atoms with Crippen molar-refractivity contribution in [1.29, 1.82) is 0 Å². The number of aliphatic carboxylic acids is 1. The third kappa shape index (κ3) is 3.50. The first-order valence-electron chi connectivity index (χ1n) is 5.50. The van der Waals surface area contributed by atoms with Gasteiger partial charge in [-0.15, -0.1) is 11.3 Å². The van der Waals surface area contributed by atoms with E-state index in [0.717, 1.165) is 4.88 Å². The Morgan fingerprint density at radius 3 is 3.00 bits per heavy atom. The maximum absolute atomic E-state index is 11.6. The molecule has 0 radical (unpaired) electrons. The predicted molar refractivity (Wildman–Crippen MR) is 67.2 cm³/mol. The summed E-state index contributed by atoms with van der Waals surface area (Å²) in [6.45, 7) is 0.955. The molecular formula is C10H14N2O4S2. The fourth-order valence-electron chi connectivity index (χ4n) is 2.04. The van der Waals surface area contributed by atoms with Crippen LogP contribution in [0.1, 0.15) is 11.3 Å². The molecule has 6 nitrogen and oxygen atoms in total. The third-order valence-corrected chi connectivity index (χ3v) is 5.37. The highest BCUT2D eigenvalue weighted by Gasteiger charge is 2.32. The lowest BCUT2D eigenvalue weighted by molar-refractivity contribution is -0.138. The van der Waals surface area contributed by atoms with E-state index in [-0.39, 0.29) is 17.9 Å². The lowest BCUT2D eigenvalue weighted by atomic mass is 10.2. The minimum atomic E-state index is -3.11. The summed E-state index contributed by atoms with van der Waals surface area (Å²) in [4.78, 5) is 17.7. The van der Waals surface area contributed by atoms with Gasteiger partial charge in [0.15, 0.2) is 9.84 Å². The average molecular weight is 290 g/mol. The Morgan fingerprint density at radius 2 is 2.39 bits per heavy atom. The Balaban J connectivity index is 2.09. The zero-order valence-electron chi connectivity index (χ0n) is 9.65. The molecule has 2 heterocycles. The molecule has 0 aromatic carbocycles. The molecule has 0 amide bonds. The second-order valence-electron chi connectivity index (χ2n) is 4.30. The molecule has 0 aliphatic carbocycles. The van der Waals surface area contributed by atoms with E-state index in [1.165, 1.54) is 11.3 Å². The van der Waals surface area contributed by atoms with Gasteiger partial charge in [0.25, 0.3) is 0 Å². The molecule has 1 N–H and O–H groups in total. The average Bonchev–Trinajstić information content (AvgIpc) is 2.73. The van der Waals surface area contributed by atoms with Crippen LogP contribution in [0.15, 0.2) is 11.7 Å². The Morgan fingerprint density at radius 1 is 1.61 bits per heavy atom. The van der Waals surface area contributed by atoms with Crippen molar-refractivity contribution in [3.63, 3.8) is 0 Å². The summed E-state index contributed by atoms with van der Waals surface area (Å²) >= 11 is 1.49. The van der Waals surface area contributed by atoms with Crippen molar-refractivity contribution in [2.45, 2.75) is 19.0 Å². The normalized spacial score (nSPS) is 23.9. The zero-order chi connectivity index (χ0) is 13.2. The van der Waals surface area contributed by atoms with E-state index in [1.54, 1.807) is 11.7 Å². The predicted octanol–water partition coefficient (Wildman–Crippen LogP) is 0.217. The first-order chi connectivity index (χ1) is 8.46. The second kappa shape index (κ2) is 5.33. The smallest absolute Gasteiger partial charge is 0.304 e. The first-order valence-corrected chi connectivity index (χ1v) is 8.20. The molecule has 1 aliphatic rings. The van der Waals surface area contributed by atoms with Crippen LogP contribution in [0.5, 0.6) is 0 Å². The highest BCUT2D eigenvalue weighted by molar-refractivity contribution is 7.91. The highest BCUT2D eigenvalue weighted by atomic mass is 32.2. The Kier molecular flexibility index (Phi) is 3.98. The number of hydrogen-bond donors (Lipinski definition) is 1. The summed E-state index contributed by atoms with van der Waals surface area (Å²) < 4.78 is 23.1. The van der Waals surface area contributed by atoms with E-state index >= 15 is 0 Å². The molecule has 0 spiro atoms. The van der Waals surface area contributed by atoms with Crippen LogP contribution in [0.3, 0.4) is 0 Å². The van der Waals surface area contributed by atoms with Gasteiger partial charge in [-0.05, 0) is 0 Å². The van der Waals surface area contributed by atoms with Gasteiger partial charge < -0.3 is 5.11 Å². The zero-order valence-corrected chi connectivity index (χ0v) is 11.3. The molecular weight excluding hydrogens is 276 g/mol. The fourth-order valence-corrected chi connectivity index (χ4v) is 4.25. The van der Waals surface area contributed by atoms with Crippen LogP contribution in [0, 0.1) is 0 Å². The quantitative estimate of drug-likeness (QED) is 0.853. The minimum Gasteiger partial charge on any atom is -0.481 e. The van der Waals surface area contributed by atoms with Crippen LogP contribution in [0.2, 0.25) is 0 Å². The lowest BCUT2D eigenvalue weighted by Crippen LogP contribution is -2.48. The maximum Gasteiger partial charge on any atom is 0.304 e. The molecule has 2 rings (SSSR count). The standard InChI is InChI=1S/C10H14N2O4S2/c13-10(14)3-8-6-18(15,16)2-1-12(8)5-9-4-11-7-17-9/h4,7-8H,1-3,5-6H2,(H,13,14). The van der Waals surface area contributed by atoms with Crippen molar-refractivity contribution < 1.29 is 18.3 Å². The van der Waals surface area contributed by atoms with Gasteiger partial charge in [0, 0.05) is 30.2 Å². The summed E-state index contributed by atoms with van der Waals surface area (Å²) in [6.07, 6.45) is 1.59. The summed E-state index contributed by atoms with van der Waals surface area (Å²) in [6, 6.07) is -0.441. The number of carboxylic acid groups (broad SMARTS) is 1. The molecule has 0 saturated carbocycles. The van der Waals surface area contributed by atoms with Gasteiger partial charge >= 0.3 is 5.97 Å². The summed E-state index contributed by atoms with van der Waals surface area (Å²) in [5.74, 6) is -0.938. The molecule has 1 saturated heterocycles. The second-order valence-corrected chi connectivity index (χ2v) is 7.50. The SMILES string of the molecule is O=C(O)CC1CS(=O)(=O)CCN1Cc1cncs1.